The van der Waals surface area contributed by atoms with E-state index < -0.39 is 9.73 Å². The SMILES string of the molecule is CCOc1c(N=S(C)(C)=O)cc(/N=C/N(C)C)c(C#N)c1C. The largest absolute Gasteiger partial charge is 0.491 e. The van der Waals surface area contributed by atoms with Crippen molar-refractivity contribution >= 4 is 27.4 Å². The van der Waals surface area contributed by atoms with Crippen molar-refractivity contribution in [3.63, 3.8) is 0 Å². The van der Waals surface area contributed by atoms with E-state index in [9.17, 15) is 9.47 Å². The van der Waals surface area contributed by atoms with E-state index >= 15 is 0 Å². The highest BCUT2D eigenvalue weighted by Crippen LogP contribution is 2.39. The fourth-order valence-electron chi connectivity index (χ4n) is 1.82. The molecule has 0 spiro atoms. The Kier molecular flexibility index (Phi) is 5.94. The number of rotatable bonds is 5. The van der Waals surface area contributed by atoms with Crippen LogP contribution in [0.25, 0.3) is 0 Å². The summed E-state index contributed by atoms with van der Waals surface area (Å²) in [7, 11) is 1.33. The first-order valence-corrected chi connectivity index (χ1v) is 9.11. The van der Waals surface area contributed by atoms with Crippen LogP contribution in [0.5, 0.6) is 5.75 Å². The Morgan fingerprint density at radius 1 is 1.41 bits per heavy atom. The topological polar surface area (TPSA) is 78.0 Å². The summed E-state index contributed by atoms with van der Waals surface area (Å²) >= 11 is 0. The van der Waals surface area contributed by atoms with Crippen molar-refractivity contribution in [2.24, 2.45) is 9.36 Å². The summed E-state index contributed by atoms with van der Waals surface area (Å²) in [6, 6.07) is 3.79. The molecular formula is C15H22N4O2S. The van der Waals surface area contributed by atoms with E-state index in [-0.39, 0.29) is 0 Å². The Bertz CT molecular complexity index is 731. The molecule has 0 aliphatic carbocycles. The molecule has 0 aromatic heterocycles. The fraction of sp³-hybridized carbons (Fsp3) is 0.467. The molecule has 0 aliphatic rings. The van der Waals surface area contributed by atoms with Gasteiger partial charge in [0.25, 0.3) is 0 Å². The summed E-state index contributed by atoms with van der Waals surface area (Å²) in [5.41, 5.74) is 2.03. The van der Waals surface area contributed by atoms with Gasteiger partial charge in [0.1, 0.15) is 17.5 Å². The summed E-state index contributed by atoms with van der Waals surface area (Å²) in [5.74, 6) is 0.485. The van der Waals surface area contributed by atoms with Gasteiger partial charge in [0.05, 0.1) is 24.2 Å². The van der Waals surface area contributed by atoms with Crippen LogP contribution in [0.4, 0.5) is 11.4 Å². The molecule has 0 radical (unpaired) electrons. The summed E-state index contributed by atoms with van der Waals surface area (Å²) < 4.78 is 21.9. The highest BCUT2D eigenvalue weighted by atomic mass is 32.2. The first kappa shape index (κ1) is 18.0. The van der Waals surface area contributed by atoms with Crippen LogP contribution in [0.15, 0.2) is 15.4 Å². The van der Waals surface area contributed by atoms with E-state index in [0.29, 0.717) is 34.9 Å². The lowest BCUT2D eigenvalue weighted by molar-refractivity contribution is 0.339. The molecule has 0 fully saturated rings. The number of hydrogen-bond acceptors (Lipinski definition) is 5. The number of aliphatic imine (C=N–C) groups is 1. The van der Waals surface area contributed by atoms with Crippen LogP contribution in [-0.4, -0.2) is 48.7 Å². The van der Waals surface area contributed by atoms with Crippen molar-refractivity contribution in [2.45, 2.75) is 13.8 Å². The second-order valence-electron chi connectivity index (χ2n) is 5.27. The van der Waals surface area contributed by atoms with Gasteiger partial charge in [0, 0.05) is 41.9 Å². The zero-order valence-corrected chi connectivity index (χ0v) is 14.7. The van der Waals surface area contributed by atoms with Gasteiger partial charge >= 0.3 is 0 Å². The normalized spacial score (nSPS) is 11.3. The number of nitriles is 1. The maximum atomic E-state index is 12.0. The molecule has 1 aromatic rings. The summed E-state index contributed by atoms with van der Waals surface area (Å²) in [6.45, 7) is 4.07. The molecule has 0 aliphatic heterocycles. The molecule has 0 N–H and O–H groups in total. The predicted molar refractivity (Wildman–Crippen MR) is 91.0 cm³/mol. The van der Waals surface area contributed by atoms with Crippen molar-refractivity contribution in [1.29, 1.82) is 5.26 Å². The average Bonchev–Trinajstić information content (AvgIpc) is 2.39. The summed E-state index contributed by atoms with van der Waals surface area (Å²) in [4.78, 5) is 6.07. The molecule has 1 rings (SSSR count). The first-order chi connectivity index (χ1) is 10.2. The lowest BCUT2D eigenvalue weighted by Crippen LogP contribution is -2.07. The Balaban J connectivity index is 3.68. The minimum absolute atomic E-state index is 0.430. The van der Waals surface area contributed by atoms with Crippen LogP contribution >= 0.6 is 0 Å². The van der Waals surface area contributed by atoms with Crippen LogP contribution in [0.1, 0.15) is 18.1 Å². The van der Waals surface area contributed by atoms with Gasteiger partial charge in [0.2, 0.25) is 0 Å². The van der Waals surface area contributed by atoms with E-state index in [0.717, 1.165) is 0 Å². The van der Waals surface area contributed by atoms with Gasteiger partial charge in [-0.3, -0.25) is 0 Å². The molecule has 6 nitrogen and oxygen atoms in total. The van der Waals surface area contributed by atoms with Gasteiger partial charge in [-0.25, -0.2) is 9.20 Å². The number of hydrogen-bond donors (Lipinski definition) is 0. The number of benzene rings is 1. The lowest BCUT2D eigenvalue weighted by Gasteiger charge is -2.14. The second kappa shape index (κ2) is 7.27. The monoisotopic (exact) mass is 322 g/mol. The molecule has 0 bridgehead atoms. The Morgan fingerprint density at radius 3 is 2.50 bits per heavy atom. The Labute approximate surface area is 132 Å². The van der Waals surface area contributed by atoms with Gasteiger partial charge in [-0.2, -0.15) is 9.62 Å². The van der Waals surface area contributed by atoms with Gasteiger partial charge in [-0.1, -0.05) is 0 Å². The fourth-order valence-corrected chi connectivity index (χ4v) is 2.43. The van der Waals surface area contributed by atoms with Crippen LogP contribution < -0.4 is 4.74 Å². The first-order valence-electron chi connectivity index (χ1n) is 6.77. The van der Waals surface area contributed by atoms with E-state index in [1.165, 1.54) is 0 Å². The summed E-state index contributed by atoms with van der Waals surface area (Å²) in [6.07, 6.45) is 4.72. The molecule has 120 valence electrons. The summed E-state index contributed by atoms with van der Waals surface area (Å²) in [5, 5.41) is 9.40. The van der Waals surface area contributed by atoms with Crippen LogP contribution in [0.3, 0.4) is 0 Å². The minimum Gasteiger partial charge on any atom is -0.491 e. The maximum absolute atomic E-state index is 12.0. The zero-order valence-electron chi connectivity index (χ0n) is 13.9. The molecule has 1 aromatic carbocycles. The van der Waals surface area contributed by atoms with Crippen LogP contribution in [0, 0.1) is 18.3 Å². The highest BCUT2D eigenvalue weighted by Gasteiger charge is 2.16. The van der Waals surface area contributed by atoms with Crippen molar-refractivity contribution in [2.75, 3.05) is 33.2 Å². The van der Waals surface area contributed by atoms with Crippen molar-refractivity contribution in [3.05, 3.63) is 17.2 Å². The molecule has 7 heteroatoms. The maximum Gasteiger partial charge on any atom is 0.150 e. The van der Waals surface area contributed by atoms with Crippen LogP contribution in [0.2, 0.25) is 0 Å². The Hall–Kier alpha value is -2.07. The molecule has 0 heterocycles. The zero-order chi connectivity index (χ0) is 16.9. The molecular weight excluding hydrogens is 300 g/mol. The van der Waals surface area contributed by atoms with E-state index in [4.69, 9.17) is 4.74 Å². The van der Waals surface area contributed by atoms with Gasteiger partial charge < -0.3 is 9.64 Å². The van der Waals surface area contributed by atoms with Crippen LogP contribution in [-0.2, 0) is 9.73 Å². The van der Waals surface area contributed by atoms with Gasteiger partial charge in [-0.15, -0.1) is 0 Å². The third-order valence-corrected chi connectivity index (χ3v) is 3.26. The van der Waals surface area contributed by atoms with Gasteiger partial charge in [0.15, 0.2) is 0 Å². The number of ether oxygens (including phenoxy) is 1. The highest BCUT2D eigenvalue weighted by molar-refractivity contribution is 7.92. The van der Waals surface area contributed by atoms with E-state index in [1.807, 2.05) is 21.0 Å². The number of nitrogens with zero attached hydrogens (tertiary/aromatic N) is 4. The molecule has 0 atom stereocenters. The van der Waals surface area contributed by atoms with E-state index in [2.05, 4.69) is 15.4 Å². The predicted octanol–water partition coefficient (Wildman–Crippen LogP) is 2.85. The standard InChI is InChI=1S/C15H22N4O2S/c1-7-21-15-11(2)12(9-16)13(17-10-19(3)4)8-14(15)18-22(5,6)20/h8,10H,7H2,1-6H3/b17-10+. The smallest absolute Gasteiger partial charge is 0.150 e. The van der Waals surface area contributed by atoms with Crippen molar-refractivity contribution in [1.82, 2.24) is 4.90 Å². The van der Waals surface area contributed by atoms with Crippen molar-refractivity contribution in [3.8, 4) is 11.8 Å². The third kappa shape index (κ3) is 4.74. The molecule has 22 heavy (non-hydrogen) atoms. The minimum atomic E-state index is -2.35. The van der Waals surface area contributed by atoms with E-state index in [1.54, 1.807) is 36.7 Å². The lowest BCUT2D eigenvalue weighted by atomic mass is 10.1. The van der Waals surface area contributed by atoms with Gasteiger partial charge in [-0.05, 0) is 19.9 Å². The van der Waals surface area contributed by atoms with Crippen molar-refractivity contribution < 1.29 is 8.95 Å². The average molecular weight is 322 g/mol. The molecule has 0 unspecified atom stereocenters. The second-order valence-corrected chi connectivity index (χ2v) is 7.81. The Morgan fingerprint density at radius 2 is 2.05 bits per heavy atom. The molecule has 0 amide bonds. The molecule has 0 saturated heterocycles. The quantitative estimate of drug-likeness (QED) is 0.617. The molecule has 0 saturated carbocycles. The third-order valence-electron chi connectivity index (χ3n) is 2.62.